The van der Waals surface area contributed by atoms with Crippen molar-refractivity contribution < 1.29 is 9.47 Å². The van der Waals surface area contributed by atoms with Crippen LogP contribution in [0.3, 0.4) is 0 Å². The summed E-state index contributed by atoms with van der Waals surface area (Å²) in [6.07, 6.45) is 1.54. The summed E-state index contributed by atoms with van der Waals surface area (Å²) in [5, 5.41) is 6.60. The van der Waals surface area contributed by atoms with Gasteiger partial charge in [-0.1, -0.05) is 12.1 Å². The van der Waals surface area contributed by atoms with E-state index in [-0.39, 0.29) is 0 Å². The molecular weight excluding hydrogens is 340 g/mol. The maximum Gasteiger partial charge on any atom is 0.135 e. The molecule has 0 aliphatic carbocycles. The monoisotopic (exact) mass is 364 g/mol. The van der Waals surface area contributed by atoms with Crippen LogP contribution in [0, 0.1) is 13.8 Å². The van der Waals surface area contributed by atoms with E-state index >= 15 is 0 Å². The summed E-state index contributed by atoms with van der Waals surface area (Å²) in [6.45, 7) is 5.34. The maximum atomic E-state index is 5.70. The Bertz CT molecular complexity index is 882. The second-order valence-corrected chi connectivity index (χ2v) is 6.11. The highest BCUT2D eigenvalue weighted by atomic mass is 16.5. The molecule has 2 aromatic carbocycles. The van der Waals surface area contributed by atoms with Crippen molar-refractivity contribution in [3.63, 3.8) is 0 Å². The van der Waals surface area contributed by atoms with Crippen molar-refractivity contribution >= 4 is 17.3 Å². The van der Waals surface area contributed by atoms with Gasteiger partial charge in [0.2, 0.25) is 0 Å². The standard InChI is InChI=1S/C21H24N4O2/c1-15-5-4-6-19(16(15)2)25-21-13-20(23-14-24-21)22-11-12-27-18-9-7-17(26-3)8-10-18/h4-10,13-14H,11-12H2,1-3H3,(H2,22,23,24,25). The summed E-state index contributed by atoms with van der Waals surface area (Å²) in [5.41, 5.74) is 3.49. The smallest absolute Gasteiger partial charge is 0.135 e. The van der Waals surface area contributed by atoms with Gasteiger partial charge in [0.05, 0.1) is 13.7 Å². The zero-order valence-electron chi connectivity index (χ0n) is 15.8. The molecule has 0 bridgehead atoms. The molecule has 0 aliphatic rings. The van der Waals surface area contributed by atoms with Crippen molar-refractivity contribution in [3.05, 3.63) is 66.0 Å². The fraction of sp³-hybridized carbons (Fsp3) is 0.238. The second-order valence-electron chi connectivity index (χ2n) is 6.11. The van der Waals surface area contributed by atoms with Crippen LogP contribution in [-0.4, -0.2) is 30.2 Å². The van der Waals surface area contributed by atoms with Crippen molar-refractivity contribution in [2.75, 3.05) is 30.9 Å². The first kappa shape index (κ1) is 18.5. The highest BCUT2D eigenvalue weighted by molar-refractivity contribution is 5.63. The first-order chi connectivity index (χ1) is 13.2. The van der Waals surface area contributed by atoms with E-state index in [1.165, 1.54) is 11.1 Å². The van der Waals surface area contributed by atoms with Gasteiger partial charge < -0.3 is 20.1 Å². The van der Waals surface area contributed by atoms with Crippen LogP contribution in [0.25, 0.3) is 0 Å². The first-order valence-corrected chi connectivity index (χ1v) is 8.82. The molecule has 3 aromatic rings. The molecule has 0 saturated carbocycles. The van der Waals surface area contributed by atoms with Gasteiger partial charge in [0.15, 0.2) is 0 Å². The molecule has 140 valence electrons. The highest BCUT2D eigenvalue weighted by Gasteiger charge is 2.04. The van der Waals surface area contributed by atoms with E-state index in [0.29, 0.717) is 13.2 Å². The van der Waals surface area contributed by atoms with Gasteiger partial charge in [-0.3, -0.25) is 0 Å². The fourth-order valence-electron chi connectivity index (χ4n) is 2.57. The number of benzene rings is 2. The van der Waals surface area contributed by atoms with Gasteiger partial charge in [-0.2, -0.15) is 0 Å². The molecule has 0 radical (unpaired) electrons. The van der Waals surface area contributed by atoms with Crippen molar-refractivity contribution in [2.45, 2.75) is 13.8 Å². The van der Waals surface area contributed by atoms with E-state index in [1.807, 2.05) is 42.5 Å². The van der Waals surface area contributed by atoms with Crippen molar-refractivity contribution in [1.29, 1.82) is 0 Å². The van der Waals surface area contributed by atoms with E-state index in [4.69, 9.17) is 9.47 Å². The van der Waals surface area contributed by atoms with E-state index in [9.17, 15) is 0 Å². The van der Waals surface area contributed by atoms with Crippen LogP contribution in [-0.2, 0) is 0 Å². The quantitative estimate of drug-likeness (QED) is 0.580. The summed E-state index contributed by atoms with van der Waals surface area (Å²) >= 11 is 0. The molecule has 0 amide bonds. The number of ether oxygens (including phenoxy) is 2. The first-order valence-electron chi connectivity index (χ1n) is 8.82. The minimum atomic E-state index is 0.524. The van der Waals surface area contributed by atoms with Crippen LogP contribution in [0.2, 0.25) is 0 Å². The SMILES string of the molecule is COc1ccc(OCCNc2cc(Nc3cccc(C)c3C)ncn2)cc1. The largest absolute Gasteiger partial charge is 0.497 e. The number of nitrogens with zero attached hydrogens (tertiary/aromatic N) is 2. The number of methoxy groups -OCH3 is 1. The van der Waals surface area contributed by atoms with Gasteiger partial charge >= 0.3 is 0 Å². The molecule has 6 nitrogen and oxygen atoms in total. The summed E-state index contributed by atoms with van der Waals surface area (Å²) in [4.78, 5) is 8.55. The van der Waals surface area contributed by atoms with Crippen molar-refractivity contribution in [1.82, 2.24) is 9.97 Å². The van der Waals surface area contributed by atoms with Gasteiger partial charge in [0, 0.05) is 11.8 Å². The molecule has 0 saturated heterocycles. The Hall–Kier alpha value is -3.28. The van der Waals surface area contributed by atoms with Crippen LogP contribution in [0.1, 0.15) is 11.1 Å². The van der Waals surface area contributed by atoms with Crippen LogP contribution in [0.15, 0.2) is 54.9 Å². The molecule has 6 heteroatoms. The zero-order chi connectivity index (χ0) is 19.1. The lowest BCUT2D eigenvalue weighted by Crippen LogP contribution is -2.12. The van der Waals surface area contributed by atoms with E-state index in [2.05, 4.69) is 40.5 Å². The molecule has 1 aromatic heterocycles. The van der Waals surface area contributed by atoms with E-state index < -0.39 is 0 Å². The predicted molar refractivity (Wildman–Crippen MR) is 108 cm³/mol. The Balaban J connectivity index is 1.52. The van der Waals surface area contributed by atoms with Crippen molar-refractivity contribution in [3.8, 4) is 11.5 Å². The van der Waals surface area contributed by atoms with Gasteiger partial charge in [0.1, 0.15) is 36.1 Å². The average molecular weight is 364 g/mol. The normalized spacial score (nSPS) is 10.3. The lowest BCUT2D eigenvalue weighted by molar-refractivity contribution is 0.331. The van der Waals surface area contributed by atoms with Gasteiger partial charge in [-0.25, -0.2) is 9.97 Å². The van der Waals surface area contributed by atoms with Crippen LogP contribution >= 0.6 is 0 Å². The van der Waals surface area contributed by atoms with Gasteiger partial charge in [-0.15, -0.1) is 0 Å². The number of aromatic nitrogens is 2. The molecule has 0 atom stereocenters. The third kappa shape index (κ3) is 5.10. The third-order valence-electron chi connectivity index (χ3n) is 4.27. The molecule has 0 unspecified atom stereocenters. The Morgan fingerprint density at radius 3 is 2.44 bits per heavy atom. The summed E-state index contributed by atoms with van der Waals surface area (Å²) in [6, 6.07) is 15.6. The van der Waals surface area contributed by atoms with Gasteiger partial charge in [-0.05, 0) is 55.3 Å². The minimum Gasteiger partial charge on any atom is -0.497 e. The van der Waals surface area contributed by atoms with Gasteiger partial charge in [0.25, 0.3) is 0 Å². The molecule has 0 aliphatic heterocycles. The molecule has 0 fully saturated rings. The zero-order valence-corrected chi connectivity index (χ0v) is 15.8. The topological polar surface area (TPSA) is 68.3 Å². The van der Waals surface area contributed by atoms with Crippen LogP contribution < -0.4 is 20.1 Å². The number of rotatable bonds is 8. The number of aryl methyl sites for hydroxylation is 1. The predicted octanol–water partition coefficient (Wildman–Crippen LogP) is 4.34. The number of hydrogen-bond acceptors (Lipinski definition) is 6. The molecule has 27 heavy (non-hydrogen) atoms. The summed E-state index contributed by atoms with van der Waals surface area (Å²) < 4.78 is 10.8. The maximum absolute atomic E-state index is 5.70. The molecule has 3 rings (SSSR count). The van der Waals surface area contributed by atoms with Crippen LogP contribution in [0.5, 0.6) is 11.5 Å². The number of hydrogen-bond donors (Lipinski definition) is 2. The van der Waals surface area contributed by atoms with Crippen molar-refractivity contribution in [2.24, 2.45) is 0 Å². The Labute approximate surface area is 159 Å². The van der Waals surface area contributed by atoms with E-state index in [1.54, 1.807) is 13.4 Å². The number of nitrogens with one attached hydrogen (secondary N) is 2. The third-order valence-corrected chi connectivity index (χ3v) is 4.27. The minimum absolute atomic E-state index is 0.524. The second kappa shape index (κ2) is 8.89. The average Bonchev–Trinajstić information content (AvgIpc) is 2.70. The highest BCUT2D eigenvalue weighted by Crippen LogP contribution is 2.22. The van der Waals surface area contributed by atoms with E-state index in [0.717, 1.165) is 28.8 Å². The fourth-order valence-corrected chi connectivity index (χ4v) is 2.57. The Morgan fingerprint density at radius 1 is 0.926 bits per heavy atom. The Morgan fingerprint density at radius 2 is 1.67 bits per heavy atom. The lowest BCUT2D eigenvalue weighted by atomic mass is 10.1. The lowest BCUT2D eigenvalue weighted by Gasteiger charge is -2.12. The molecular formula is C21H24N4O2. The Kier molecular flexibility index (Phi) is 6.10. The molecule has 2 N–H and O–H groups in total. The molecule has 0 spiro atoms. The molecule has 1 heterocycles. The number of anilines is 3. The van der Waals surface area contributed by atoms with Crippen LogP contribution in [0.4, 0.5) is 17.3 Å². The summed E-state index contributed by atoms with van der Waals surface area (Å²) in [7, 11) is 1.64. The summed E-state index contributed by atoms with van der Waals surface area (Å²) in [5.74, 6) is 3.11.